The number of benzene rings is 2. The summed E-state index contributed by atoms with van der Waals surface area (Å²) < 4.78 is 0. The number of hydrogen-bond acceptors (Lipinski definition) is 2. The number of fused-ring (bicyclic) bond motifs is 1. The van der Waals surface area contributed by atoms with Crippen molar-refractivity contribution in [3.05, 3.63) is 48.0 Å². The quantitative estimate of drug-likeness (QED) is 0.796. The molecule has 1 unspecified atom stereocenters. The Labute approximate surface area is 116 Å². The number of nitrogens with one attached hydrogen (secondary N) is 1. The molecule has 0 radical (unpaired) electrons. The van der Waals surface area contributed by atoms with Gasteiger partial charge < -0.3 is 10.2 Å². The van der Waals surface area contributed by atoms with Gasteiger partial charge in [-0.3, -0.25) is 0 Å². The minimum atomic E-state index is 0.409. The fraction of sp³-hybridized carbons (Fsp3) is 0.412. The van der Waals surface area contributed by atoms with Crippen LogP contribution < -0.4 is 5.32 Å². The van der Waals surface area contributed by atoms with Crippen LogP contribution in [0.4, 0.5) is 0 Å². The third-order valence-corrected chi connectivity index (χ3v) is 3.51. The first-order valence-electron chi connectivity index (χ1n) is 7.03. The molecule has 0 heterocycles. The van der Waals surface area contributed by atoms with E-state index in [0.29, 0.717) is 6.04 Å². The van der Waals surface area contributed by atoms with Crippen LogP contribution in [0.25, 0.3) is 10.8 Å². The molecule has 2 rings (SSSR count). The van der Waals surface area contributed by atoms with Gasteiger partial charge in [0, 0.05) is 6.04 Å². The van der Waals surface area contributed by atoms with Gasteiger partial charge in [0.1, 0.15) is 0 Å². The zero-order valence-corrected chi connectivity index (χ0v) is 12.2. The summed E-state index contributed by atoms with van der Waals surface area (Å²) in [5.41, 5.74) is 1.36. The van der Waals surface area contributed by atoms with Gasteiger partial charge in [-0.1, -0.05) is 36.4 Å². The second-order valence-electron chi connectivity index (χ2n) is 5.44. The van der Waals surface area contributed by atoms with Crippen LogP contribution in [0.15, 0.2) is 42.5 Å². The predicted molar refractivity (Wildman–Crippen MR) is 83.5 cm³/mol. The highest BCUT2D eigenvalue weighted by molar-refractivity contribution is 5.83. The smallest absolute Gasteiger partial charge is 0.0292 e. The monoisotopic (exact) mass is 256 g/mol. The molecule has 1 N–H and O–H groups in total. The van der Waals surface area contributed by atoms with Crippen LogP contribution in [-0.2, 0) is 0 Å². The zero-order chi connectivity index (χ0) is 13.7. The molecule has 0 amide bonds. The van der Waals surface area contributed by atoms with Crippen molar-refractivity contribution in [3.63, 3.8) is 0 Å². The van der Waals surface area contributed by atoms with Gasteiger partial charge in [0.15, 0.2) is 0 Å². The highest BCUT2D eigenvalue weighted by atomic mass is 15.1. The second kappa shape index (κ2) is 6.69. The van der Waals surface area contributed by atoms with Crippen LogP contribution in [0.2, 0.25) is 0 Å². The lowest BCUT2D eigenvalue weighted by atomic mass is 10.0. The summed E-state index contributed by atoms with van der Waals surface area (Å²) in [4.78, 5) is 2.22. The molecule has 0 aromatic heterocycles. The third kappa shape index (κ3) is 4.05. The summed E-state index contributed by atoms with van der Waals surface area (Å²) in [7, 11) is 4.24. The number of hydrogen-bond donors (Lipinski definition) is 1. The molecule has 2 aromatic carbocycles. The molecule has 102 valence electrons. The Morgan fingerprint density at radius 3 is 2.53 bits per heavy atom. The van der Waals surface area contributed by atoms with Crippen molar-refractivity contribution in [2.75, 3.05) is 27.2 Å². The van der Waals surface area contributed by atoms with Gasteiger partial charge in [0.05, 0.1) is 0 Å². The number of nitrogens with zero attached hydrogens (tertiary/aromatic N) is 1. The molecule has 1 atom stereocenters. The summed E-state index contributed by atoms with van der Waals surface area (Å²) in [5, 5.41) is 6.22. The molecule has 2 heteroatoms. The van der Waals surface area contributed by atoms with Crippen molar-refractivity contribution < 1.29 is 0 Å². The molecule has 2 nitrogen and oxygen atoms in total. The van der Waals surface area contributed by atoms with E-state index in [0.717, 1.165) is 13.1 Å². The summed E-state index contributed by atoms with van der Waals surface area (Å²) >= 11 is 0. The van der Waals surface area contributed by atoms with Crippen LogP contribution in [0.3, 0.4) is 0 Å². The van der Waals surface area contributed by atoms with E-state index in [4.69, 9.17) is 0 Å². The molecular weight excluding hydrogens is 232 g/mol. The van der Waals surface area contributed by atoms with Gasteiger partial charge >= 0.3 is 0 Å². The van der Waals surface area contributed by atoms with E-state index in [2.05, 4.69) is 73.7 Å². The maximum Gasteiger partial charge on any atom is 0.0292 e. The van der Waals surface area contributed by atoms with Crippen molar-refractivity contribution >= 4 is 10.8 Å². The second-order valence-corrected chi connectivity index (χ2v) is 5.44. The van der Waals surface area contributed by atoms with Crippen LogP contribution >= 0.6 is 0 Å². The standard InChI is InChI=1S/C17H24N2/c1-14(18-11-6-12-19(2)3)16-10-9-15-7-4-5-8-17(15)13-16/h4-5,7-10,13-14,18H,6,11-12H2,1-3H3. The van der Waals surface area contributed by atoms with Crippen molar-refractivity contribution in [2.24, 2.45) is 0 Å². The normalized spacial score (nSPS) is 13.1. The van der Waals surface area contributed by atoms with Gasteiger partial charge in [0.2, 0.25) is 0 Å². The average molecular weight is 256 g/mol. The van der Waals surface area contributed by atoms with Crippen molar-refractivity contribution in [1.82, 2.24) is 10.2 Å². The summed E-state index contributed by atoms with van der Waals surface area (Å²) in [6, 6.07) is 15.7. The lowest BCUT2D eigenvalue weighted by Crippen LogP contribution is -2.23. The van der Waals surface area contributed by atoms with E-state index < -0.39 is 0 Å². The molecule has 0 aliphatic heterocycles. The molecule has 0 saturated heterocycles. The Bertz CT molecular complexity index is 519. The van der Waals surface area contributed by atoms with Crippen molar-refractivity contribution in [2.45, 2.75) is 19.4 Å². The number of rotatable bonds is 6. The zero-order valence-electron chi connectivity index (χ0n) is 12.2. The Hall–Kier alpha value is -1.38. The highest BCUT2D eigenvalue weighted by Gasteiger charge is 2.05. The fourth-order valence-electron chi connectivity index (χ4n) is 2.31. The van der Waals surface area contributed by atoms with Crippen LogP contribution in [-0.4, -0.2) is 32.1 Å². The van der Waals surface area contributed by atoms with Crippen LogP contribution in [0, 0.1) is 0 Å². The fourth-order valence-corrected chi connectivity index (χ4v) is 2.31. The summed E-state index contributed by atoms with van der Waals surface area (Å²) in [5.74, 6) is 0. The average Bonchev–Trinajstić information content (AvgIpc) is 2.42. The van der Waals surface area contributed by atoms with Gasteiger partial charge in [-0.15, -0.1) is 0 Å². The molecule has 0 aliphatic rings. The van der Waals surface area contributed by atoms with E-state index in [1.54, 1.807) is 0 Å². The maximum absolute atomic E-state index is 3.59. The van der Waals surface area contributed by atoms with Gasteiger partial charge in [-0.05, 0) is 62.9 Å². The lowest BCUT2D eigenvalue weighted by Gasteiger charge is -2.16. The first kappa shape index (κ1) is 14.0. The lowest BCUT2D eigenvalue weighted by molar-refractivity contribution is 0.389. The highest BCUT2D eigenvalue weighted by Crippen LogP contribution is 2.20. The first-order chi connectivity index (χ1) is 9.16. The van der Waals surface area contributed by atoms with Gasteiger partial charge in [0.25, 0.3) is 0 Å². The van der Waals surface area contributed by atoms with Gasteiger partial charge in [-0.25, -0.2) is 0 Å². The first-order valence-corrected chi connectivity index (χ1v) is 7.03. The molecule has 0 aliphatic carbocycles. The van der Waals surface area contributed by atoms with E-state index >= 15 is 0 Å². The predicted octanol–water partition coefficient (Wildman–Crippen LogP) is 3.44. The Morgan fingerprint density at radius 2 is 1.79 bits per heavy atom. The van der Waals surface area contributed by atoms with Crippen molar-refractivity contribution in [3.8, 4) is 0 Å². The molecule has 0 saturated carbocycles. The third-order valence-electron chi connectivity index (χ3n) is 3.51. The molecular formula is C17H24N2. The molecule has 0 spiro atoms. The van der Waals surface area contributed by atoms with Gasteiger partial charge in [-0.2, -0.15) is 0 Å². The Morgan fingerprint density at radius 1 is 1.05 bits per heavy atom. The Kier molecular flexibility index (Phi) is 4.94. The molecule has 19 heavy (non-hydrogen) atoms. The largest absolute Gasteiger partial charge is 0.310 e. The molecule has 0 bridgehead atoms. The summed E-state index contributed by atoms with van der Waals surface area (Å²) in [6.45, 7) is 4.43. The van der Waals surface area contributed by atoms with E-state index in [-0.39, 0.29) is 0 Å². The van der Waals surface area contributed by atoms with E-state index in [1.165, 1.54) is 22.8 Å². The SMILES string of the molecule is CC(NCCCN(C)C)c1ccc2ccccc2c1. The Balaban J connectivity index is 1.95. The van der Waals surface area contributed by atoms with Crippen molar-refractivity contribution in [1.29, 1.82) is 0 Å². The summed E-state index contributed by atoms with van der Waals surface area (Å²) in [6.07, 6.45) is 1.19. The van der Waals surface area contributed by atoms with E-state index in [1.807, 2.05) is 0 Å². The molecule has 0 fully saturated rings. The van der Waals surface area contributed by atoms with Crippen LogP contribution in [0.1, 0.15) is 24.9 Å². The van der Waals surface area contributed by atoms with Crippen LogP contribution in [0.5, 0.6) is 0 Å². The minimum absolute atomic E-state index is 0.409. The topological polar surface area (TPSA) is 15.3 Å². The minimum Gasteiger partial charge on any atom is -0.310 e. The van der Waals surface area contributed by atoms with E-state index in [9.17, 15) is 0 Å². The molecule has 2 aromatic rings. The maximum atomic E-state index is 3.59.